The number of nitrogens with one attached hydrogen (secondary N) is 2. The molecule has 0 aromatic rings. The minimum absolute atomic E-state index is 0.114. The Kier molecular flexibility index (Phi) is 3.72. The molecule has 0 aromatic carbocycles. The highest BCUT2D eigenvalue weighted by Gasteiger charge is 2.24. The van der Waals surface area contributed by atoms with Crippen molar-refractivity contribution >= 4 is 17.3 Å². The first kappa shape index (κ1) is 10.8. The van der Waals surface area contributed by atoms with Crippen molar-refractivity contribution in [3.8, 4) is 6.07 Å². The second kappa shape index (κ2) is 4.82. The second-order valence-corrected chi connectivity index (χ2v) is 3.58. The highest BCUT2D eigenvalue weighted by Crippen LogP contribution is 2.14. The van der Waals surface area contributed by atoms with Gasteiger partial charge in [0.25, 0.3) is 0 Å². The predicted octanol–water partition coefficient (Wildman–Crippen LogP) is 1.32. The first-order valence-electron chi connectivity index (χ1n) is 4.59. The molecule has 5 heteroatoms. The zero-order chi connectivity index (χ0) is 10.6. The van der Waals surface area contributed by atoms with Gasteiger partial charge in [-0.3, -0.25) is 0 Å². The van der Waals surface area contributed by atoms with E-state index in [4.69, 9.17) is 17.5 Å². The smallest absolute Gasteiger partial charge is 0.206 e. The van der Waals surface area contributed by atoms with Gasteiger partial charge < -0.3 is 15.7 Å². The zero-order valence-electron chi connectivity index (χ0n) is 8.00. The molecule has 0 radical (unpaired) electrons. The number of hydrogen-bond donors (Lipinski definition) is 3. The van der Waals surface area contributed by atoms with Crippen molar-refractivity contribution in [2.24, 2.45) is 0 Å². The summed E-state index contributed by atoms with van der Waals surface area (Å²) in [7, 11) is 0. The van der Waals surface area contributed by atoms with Crippen LogP contribution in [-0.4, -0.2) is 16.3 Å². The summed E-state index contributed by atoms with van der Waals surface area (Å²) in [5.74, 6) is -0.114. The van der Waals surface area contributed by atoms with Crippen LogP contribution in [0.1, 0.15) is 26.2 Å². The van der Waals surface area contributed by atoms with Gasteiger partial charge in [-0.05, 0) is 18.6 Å². The van der Waals surface area contributed by atoms with Crippen LogP contribution in [0.15, 0.2) is 11.5 Å². The van der Waals surface area contributed by atoms with Gasteiger partial charge in [-0.1, -0.05) is 19.8 Å². The van der Waals surface area contributed by atoms with Gasteiger partial charge in [0.05, 0.1) is 6.04 Å². The lowest BCUT2D eigenvalue weighted by atomic mass is 10.0. The molecule has 0 aromatic heterocycles. The van der Waals surface area contributed by atoms with E-state index >= 15 is 0 Å². The van der Waals surface area contributed by atoms with Crippen LogP contribution in [0.4, 0.5) is 0 Å². The number of rotatable bonds is 3. The molecule has 14 heavy (non-hydrogen) atoms. The van der Waals surface area contributed by atoms with Gasteiger partial charge in [0.1, 0.15) is 11.6 Å². The van der Waals surface area contributed by atoms with Crippen molar-refractivity contribution in [1.82, 2.24) is 10.6 Å². The van der Waals surface area contributed by atoms with Crippen LogP contribution >= 0.6 is 12.2 Å². The normalized spacial score (nSPS) is 21.1. The molecule has 1 aliphatic heterocycles. The van der Waals surface area contributed by atoms with Crippen LogP contribution in [0.5, 0.6) is 0 Å². The molecule has 76 valence electrons. The SMILES string of the molecule is CCCCC1NC(=S)NC(O)=C1C#N. The summed E-state index contributed by atoms with van der Waals surface area (Å²) >= 11 is 4.89. The Labute approximate surface area is 88.6 Å². The Morgan fingerprint density at radius 1 is 1.64 bits per heavy atom. The molecule has 0 amide bonds. The Balaban J connectivity index is 2.77. The summed E-state index contributed by atoms with van der Waals surface area (Å²) in [6, 6.07) is 1.83. The molecule has 0 bridgehead atoms. The Morgan fingerprint density at radius 2 is 2.36 bits per heavy atom. The minimum atomic E-state index is -0.145. The average molecular weight is 211 g/mol. The molecule has 0 saturated carbocycles. The Bertz CT molecular complexity index is 306. The van der Waals surface area contributed by atoms with Crippen LogP contribution in [0, 0.1) is 11.3 Å². The summed E-state index contributed by atoms with van der Waals surface area (Å²) in [6.45, 7) is 2.08. The predicted molar refractivity (Wildman–Crippen MR) is 57.5 cm³/mol. The lowest BCUT2D eigenvalue weighted by Crippen LogP contribution is -2.48. The van der Waals surface area contributed by atoms with Gasteiger partial charge in [0.15, 0.2) is 5.11 Å². The molecule has 0 spiro atoms. The quantitative estimate of drug-likeness (QED) is 0.614. The molecule has 1 unspecified atom stereocenters. The summed E-state index contributed by atoms with van der Waals surface area (Å²) in [5, 5.41) is 24.1. The summed E-state index contributed by atoms with van der Waals surface area (Å²) in [5.41, 5.74) is 0.340. The Morgan fingerprint density at radius 3 is 2.93 bits per heavy atom. The van der Waals surface area contributed by atoms with Crippen molar-refractivity contribution in [3.63, 3.8) is 0 Å². The molecule has 1 aliphatic rings. The Hall–Kier alpha value is -1.28. The van der Waals surface area contributed by atoms with E-state index in [0.29, 0.717) is 10.7 Å². The number of aliphatic hydroxyl groups is 1. The van der Waals surface area contributed by atoms with Crippen LogP contribution in [0.3, 0.4) is 0 Å². The lowest BCUT2D eigenvalue weighted by molar-refractivity contribution is 0.364. The monoisotopic (exact) mass is 211 g/mol. The van der Waals surface area contributed by atoms with Crippen molar-refractivity contribution in [1.29, 1.82) is 5.26 Å². The fourth-order valence-electron chi connectivity index (χ4n) is 1.36. The maximum absolute atomic E-state index is 9.43. The molecule has 0 saturated heterocycles. The first-order chi connectivity index (χ1) is 6.69. The molecular weight excluding hydrogens is 198 g/mol. The van der Waals surface area contributed by atoms with E-state index in [9.17, 15) is 5.11 Å². The van der Waals surface area contributed by atoms with Crippen molar-refractivity contribution in [2.45, 2.75) is 32.2 Å². The molecule has 1 heterocycles. The average Bonchev–Trinajstić information content (AvgIpc) is 2.14. The maximum Gasteiger partial charge on any atom is 0.206 e. The molecule has 1 atom stereocenters. The van der Waals surface area contributed by atoms with Crippen LogP contribution in [-0.2, 0) is 0 Å². The fraction of sp³-hybridized carbons (Fsp3) is 0.556. The van der Waals surface area contributed by atoms with E-state index in [1.807, 2.05) is 6.07 Å². The van der Waals surface area contributed by atoms with Gasteiger partial charge in [0.2, 0.25) is 5.88 Å². The van der Waals surface area contributed by atoms with E-state index < -0.39 is 0 Å². The van der Waals surface area contributed by atoms with Crippen LogP contribution in [0.2, 0.25) is 0 Å². The van der Waals surface area contributed by atoms with E-state index in [1.54, 1.807) is 0 Å². The number of thiocarbonyl (C=S) groups is 1. The third kappa shape index (κ3) is 2.36. The number of unbranched alkanes of at least 4 members (excludes halogenated alkanes) is 1. The highest BCUT2D eigenvalue weighted by atomic mass is 32.1. The summed E-state index contributed by atoms with van der Waals surface area (Å²) in [6.07, 6.45) is 2.86. The maximum atomic E-state index is 9.43. The van der Waals surface area contributed by atoms with Crippen LogP contribution < -0.4 is 10.6 Å². The van der Waals surface area contributed by atoms with E-state index in [0.717, 1.165) is 19.3 Å². The third-order valence-electron chi connectivity index (χ3n) is 2.11. The molecular formula is C9H13N3OS. The lowest BCUT2D eigenvalue weighted by Gasteiger charge is -2.25. The standard InChI is InChI=1S/C9H13N3OS/c1-2-3-4-7-6(5-10)8(13)12-9(14)11-7/h7,13H,2-4H2,1H3,(H2,11,12,14). The molecule has 3 N–H and O–H groups in total. The number of hydrogen-bond acceptors (Lipinski definition) is 3. The topological polar surface area (TPSA) is 68.1 Å². The van der Waals surface area contributed by atoms with Gasteiger partial charge in [0, 0.05) is 0 Å². The van der Waals surface area contributed by atoms with Gasteiger partial charge in [-0.15, -0.1) is 0 Å². The second-order valence-electron chi connectivity index (χ2n) is 3.17. The van der Waals surface area contributed by atoms with Gasteiger partial charge in [-0.25, -0.2) is 0 Å². The number of nitriles is 1. The number of nitrogens with zero attached hydrogens (tertiary/aromatic N) is 1. The number of aliphatic hydroxyl groups excluding tert-OH is 1. The van der Waals surface area contributed by atoms with Crippen LogP contribution in [0.25, 0.3) is 0 Å². The molecule has 4 nitrogen and oxygen atoms in total. The third-order valence-corrected chi connectivity index (χ3v) is 2.33. The van der Waals surface area contributed by atoms with Gasteiger partial charge >= 0.3 is 0 Å². The van der Waals surface area contributed by atoms with E-state index in [2.05, 4.69) is 17.6 Å². The van der Waals surface area contributed by atoms with Crippen molar-refractivity contribution < 1.29 is 5.11 Å². The minimum Gasteiger partial charge on any atom is -0.494 e. The first-order valence-corrected chi connectivity index (χ1v) is 5.00. The zero-order valence-corrected chi connectivity index (χ0v) is 8.82. The summed E-state index contributed by atoms with van der Waals surface area (Å²) < 4.78 is 0. The summed E-state index contributed by atoms with van der Waals surface area (Å²) in [4.78, 5) is 0. The van der Waals surface area contributed by atoms with E-state index in [-0.39, 0.29) is 11.9 Å². The largest absolute Gasteiger partial charge is 0.494 e. The fourth-order valence-corrected chi connectivity index (χ4v) is 1.60. The molecule has 0 aliphatic carbocycles. The van der Waals surface area contributed by atoms with Crippen molar-refractivity contribution in [3.05, 3.63) is 11.5 Å². The van der Waals surface area contributed by atoms with Crippen molar-refractivity contribution in [2.75, 3.05) is 0 Å². The van der Waals surface area contributed by atoms with E-state index in [1.165, 1.54) is 0 Å². The highest BCUT2D eigenvalue weighted by molar-refractivity contribution is 7.80. The van der Waals surface area contributed by atoms with Gasteiger partial charge in [-0.2, -0.15) is 5.26 Å². The molecule has 0 fully saturated rings. The molecule has 1 rings (SSSR count).